The van der Waals surface area contributed by atoms with Crippen molar-refractivity contribution in [1.29, 1.82) is 0 Å². The van der Waals surface area contributed by atoms with E-state index >= 15 is 0 Å². The SMILES string of the molecule is OCC1(Nc2nc3ccccc3s2)CCC1. The van der Waals surface area contributed by atoms with Crippen LogP contribution in [0.2, 0.25) is 0 Å². The Kier molecular flexibility index (Phi) is 2.33. The van der Waals surface area contributed by atoms with Gasteiger partial charge in [-0.05, 0) is 31.4 Å². The minimum absolute atomic E-state index is 0.103. The van der Waals surface area contributed by atoms with Gasteiger partial charge in [-0.2, -0.15) is 0 Å². The third kappa shape index (κ3) is 1.58. The van der Waals surface area contributed by atoms with Gasteiger partial charge in [0.2, 0.25) is 0 Å². The van der Waals surface area contributed by atoms with Gasteiger partial charge >= 0.3 is 0 Å². The zero-order valence-electron chi connectivity index (χ0n) is 8.94. The lowest BCUT2D eigenvalue weighted by Gasteiger charge is -2.40. The van der Waals surface area contributed by atoms with Crippen molar-refractivity contribution in [1.82, 2.24) is 4.98 Å². The van der Waals surface area contributed by atoms with E-state index in [-0.39, 0.29) is 12.1 Å². The van der Waals surface area contributed by atoms with Crippen molar-refractivity contribution in [2.24, 2.45) is 0 Å². The number of para-hydroxylation sites is 1. The second kappa shape index (κ2) is 3.71. The lowest BCUT2D eigenvalue weighted by Crippen LogP contribution is -2.48. The van der Waals surface area contributed by atoms with Crippen LogP contribution in [0.5, 0.6) is 0 Å². The largest absolute Gasteiger partial charge is 0.394 e. The summed E-state index contributed by atoms with van der Waals surface area (Å²) in [6.07, 6.45) is 3.28. The number of aliphatic hydroxyl groups excluding tert-OH is 1. The molecule has 2 N–H and O–H groups in total. The number of rotatable bonds is 3. The standard InChI is InChI=1S/C12H14N2OS/c15-8-12(6-3-7-12)14-11-13-9-4-1-2-5-10(9)16-11/h1-2,4-5,15H,3,6-8H2,(H,13,14). The summed E-state index contributed by atoms with van der Waals surface area (Å²) in [5.74, 6) is 0. The Labute approximate surface area is 98.1 Å². The average Bonchev–Trinajstić information content (AvgIpc) is 2.65. The smallest absolute Gasteiger partial charge is 0.184 e. The molecule has 1 aromatic heterocycles. The quantitative estimate of drug-likeness (QED) is 0.858. The van der Waals surface area contributed by atoms with Gasteiger partial charge in [0.1, 0.15) is 0 Å². The minimum atomic E-state index is -0.103. The third-order valence-electron chi connectivity index (χ3n) is 3.28. The lowest BCUT2D eigenvalue weighted by molar-refractivity contribution is 0.144. The van der Waals surface area contributed by atoms with Crippen LogP contribution in [0, 0.1) is 0 Å². The number of thiazole rings is 1. The predicted molar refractivity (Wildman–Crippen MR) is 66.9 cm³/mol. The number of benzene rings is 1. The van der Waals surface area contributed by atoms with Crippen LogP contribution in [0.1, 0.15) is 19.3 Å². The van der Waals surface area contributed by atoms with Crippen molar-refractivity contribution in [3.63, 3.8) is 0 Å². The van der Waals surface area contributed by atoms with Crippen LogP contribution in [-0.2, 0) is 0 Å². The molecule has 2 aromatic rings. The van der Waals surface area contributed by atoms with Crippen LogP contribution in [0.15, 0.2) is 24.3 Å². The van der Waals surface area contributed by atoms with E-state index in [2.05, 4.69) is 16.4 Å². The summed E-state index contributed by atoms with van der Waals surface area (Å²) in [6.45, 7) is 0.197. The number of hydrogen-bond donors (Lipinski definition) is 2. The molecule has 0 aliphatic heterocycles. The highest BCUT2D eigenvalue weighted by Gasteiger charge is 2.36. The van der Waals surface area contributed by atoms with Crippen molar-refractivity contribution in [2.75, 3.05) is 11.9 Å². The lowest BCUT2D eigenvalue weighted by atomic mass is 9.77. The van der Waals surface area contributed by atoms with E-state index in [0.29, 0.717) is 0 Å². The van der Waals surface area contributed by atoms with Crippen molar-refractivity contribution >= 4 is 26.7 Å². The number of fused-ring (bicyclic) bond motifs is 1. The Morgan fingerprint density at radius 3 is 2.81 bits per heavy atom. The molecule has 4 heteroatoms. The number of aromatic nitrogens is 1. The zero-order valence-corrected chi connectivity index (χ0v) is 9.76. The fourth-order valence-corrected chi connectivity index (χ4v) is 3.06. The molecular formula is C12H14N2OS. The van der Waals surface area contributed by atoms with Gasteiger partial charge in [-0.3, -0.25) is 0 Å². The van der Waals surface area contributed by atoms with Crippen molar-refractivity contribution in [3.05, 3.63) is 24.3 Å². The van der Waals surface area contributed by atoms with E-state index in [1.165, 1.54) is 11.1 Å². The Bertz CT molecular complexity index is 466. The van der Waals surface area contributed by atoms with E-state index in [0.717, 1.165) is 23.5 Å². The molecule has 1 saturated carbocycles. The van der Waals surface area contributed by atoms with E-state index in [1.807, 2.05) is 18.2 Å². The molecule has 0 saturated heterocycles. The maximum absolute atomic E-state index is 9.39. The van der Waals surface area contributed by atoms with Crippen molar-refractivity contribution in [3.8, 4) is 0 Å². The summed E-state index contributed by atoms with van der Waals surface area (Å²) in [5.41, 5.74) is 0.927. The van der Waals surface area contributed by atoms with E-state index in [4.69, 9.17) is 0 Å². The van der Waals surface area contributed by atoms with E-state index < -0.39 is 0 Å². The molecule has 3 rings (SSSR count). The van der Waals surface area contributed by atoms with Gasteiger partial charge < -0.3 is 10.4 Å². The molecule has 0 atom stereocenters. The molecule has 1 fully saturated rings. The molecule has 1 aliphatic rings. The molecule has 0 amide bonds. The van der Waals surface area contributed by atoms with Crippen molar-refractivity contribution in [2.45, 2.75) is 24.8 Å². The molecule has 1 heterocycles. The average molecular weight is 234 g/mol. The van der Waals surface area contributed by atoms with E-state index in [1.54, 1.807) is 11.3 Å². The summed E-state index contributed by atoms with van der Waals surface area (Å²) < 4.78 is 1.19. The predicted octanol–water partition coefficient (Wildman–Crippen LogP) is 2.62. The van der Waals surface area contributed by atoms with Crippen LogP contribution in [0.4, 0.5) is 5.13 Å². The molecule has 0 unspecified atom stereocenters. The fraction of sp³-hybridized carbons (Fsp3) is 0.417. The summed E-state index contributed by atoms with van der Waals surface area (Å²) in [6, 6.07) is 8.11. The minimum Gasteiger partial charge on any atom is -0.394 e. The Morgan fingerprint density at radius 1 is 1.38 bits per heavy atom. The molecule has 84 valence electrons. The first-order chi connectivity index (χ1) is 7.81. The summed E-state index contributed by atoms with van der Waals surface area (Å²) in [7, 11) is 0. The molecule has 3 nitrogen and oxygen atoms in total. The topological polar surface area (TPSA) is 45.1 Å². The van der Waals surface area contributed by atoms with E-state index in [9.17, 15) is 5.11 Å². The maximum Gasteiger partial charge on any atom is 0.184 e. The van der Waals surface area contributed by atoms with Gasteiger partial charge in [0.25, 0.3) is 0 Å². The molecule has 1 aliphatic carbocycles. The summed E-state index contributed by atoms with van der Waals surface area (Å²) in [5, 5.41) is 13.7. The number of anilines is 1. The Balaban J connectivity index is 1.89. The van der Waals surface area contributed by atoms with Gasteiger partial charge in [-0.25, -0.2) is 4.98 Å². The highest BCUT2D eigenvalue weighted by atomic mass is 32.1. The van der Waals surface area contributed by atoms with Crippen LogP contribution in [0.3, 0.4) is 0 Å². The summed E-state index contributed by atoms with van der Waals surface area (Å²) >= 11 is 1.66. The normalized spacial score (nSPS) is 18.3. The number of aliphatic hydroxyl groups is 1. The van der Waals surface area contributed by atoms with Gasteiger partial charge in [0.15, 0.2) is 5.13 Å². The first-order valence-corrected chi connectivity index (χ1v) is 6.38. The van der Waals surface area contributed by atoms with Crippen LogP contribution < -0.4 is 5.32 Å². The fourth-order valence-electron chi connectivity index (χ4n) is 2.08. The molecule has 0 bridgehead atoms. The Hall–Kier alpha value is -1.13. The van der Waals surface area contributed by atoms with Gasteiger partial charge in [0, 0.05) is 0 Å². The monoisotopic (exact) mass is 234 g/mol. The zero-order chi connectivity index (χ0) is 11.0. The molecule has 1 aromatic carbocycles. The van der Waals surface area contributed by atoms with Gasteiger partial charge in [0.05, 0.1) is 22.4 Å². The van der Waals surface area contributed by atoms with Crippen LogP contribution in [0.25, 0.3) is 10.2 Å². The highest BCUT2D eigenvalue weighted by Crippen LogP contribution is 2.37. The van der Waals surface area contributed by atoms with Gasteiger partial charge in [-0.1, -0.05) is 23.5 Å². The highest BCUT2D eigenvalue weighted by molar-refractivity contribution is 7.22. The molecule has 16 heavy (non-hydrogen) atoms. The van der Waals surface area contributed by atoms with Crippen LogP contribution >= 0.6 is 11.3 Å². The first kappa shape index (κ1) is 10.1. The third-order valence-corrected chi connectivity index (χ3v) is 4.23. The molecule has 0 radical (unpaired) electrons. The van der Waals surface area contributed by atoms with Gasteiger partial charge in [-0.15, -0.1) is 0 Å². The Morgan fingerprint density at radius 2 is 2.19 bits per heavy atom. The number of hydrogen-bond acceptors (Lipinski definition) is 4. The molecular weight excluding hydrogens is 220 g/mol. The number of nitrogens with one attached hydrogen (secondary N) is 1. The maximum atomic E-state index is 9.39. The second-order valence-corrected chi connectivity index (χ2v) is 5.43. The van der Waals surface area contributed by atoms with Crippen LogP contribution in [-0.4, -0.2) is 22.2 Å². The number of nitrogens with zero attached hydrogens (tertiary/aromatic N) is 1. The first-order valence-electron chi connectivity index (χ1n) is 5.56. The summed E-state index contributed by atoms with van der Waals surface area (Å²) in [4.78, 5) is 4.52. The molecule has 0 spiro atoms. The van der Waals surface area contributed by atoms with Crippen molar-refractivity contribution < 1.29 is 5.11 Å². The second-order valence-electron chi connectivity index (χ2n) is 4.40.